The fourth-order valence-electron chi connectivity index (χ4n) is 0.880. The molecule has 1 rings (SSSR count). The Bertz CT molecular complexity index is 240. The van der Waals surface area contributed by atoms with Crippen LogP contribution in [0.25, 0.3) is 0 Å². The molecule has 6 heteroatoms. The Hall–Kier alpha value is -0.100. The molecule has 13 heavy (non-hydrogen) atoms. The Kier molecular flexibility index (Phi) is 5.38. The number of halogens is 1. The smallest absolute Gasteiger partial charge is 0.209 e. The standard InChI is InChI=1S/C7H13BrN4S/c1-12-7(9-10-11-12)13-6-4-2-3-5-8/h2-6H2,1H3. The normalized spacial score (nSPS) is 10.6. The number of alkyl halides is 1. The third-order valence-electron chi connectivity index (χ3n) is 1.59. The summed E-state index contributed by atoms with van der Waals surface area (Å²) in [5.74, 6) is 1.10. The lowest BCUT2D eigenvalue weighted by Crippen LogP contribution is -1.93. The molecule has 1 aromatic heterocycles. The molecule has 0 aliphatic rings. The van der Waals surface area contributed by atoms with Crippen molar-refractivity contribution in [3.8, 4) is 0 Å². The van der Waals surface area contributed by atoms with Crippen LogP contribution in [0.5, 0.6) is 0 Å². The second-order valence-corrected chi connectivity index (χ2v) is 4.54. The van der Waals surface area contributed by atoms with Gasteiger partial charge in [-0.15, -0.1) is 5.10 Å². The Morgan fingerprint density at radius 1 is 1.38 bits per heavy atom. The minimum atomic E-state index is 0.902. The van der Waals surface area contributed by atoms with Gasteiger partial charge in [0.2, 0.25) is 5.16 Å². The van der Waals surface area contributed by atoms with Crippen molar-refractivity contribution in [2.45, 2.75) is 24.4 Å². The number of rotatable bonds is 6. The lowest BCUT2D eigenvalue weighted by Gasteiger charge is -1.98. The van der Waals surface area contributed by atoms with Gasteiger partial charge in [-0.1, -0.05) is 34.1 Å². The first kappa shape index (κ1) is 11.0. The molecular formula is C7H13BrN4S. The van der Waals surface area contributed by atoms with Crippen LogP contribution in [0.1, 0.15) is 19.3 Å². The van der Waals surface area contributed by atoms with Gasteiger partial charge in [-0.25, -0.2) is 4.68 Å². The average molecular weight is 265 g/mol. The maximum Gasteiger partial charge on any atom is 0.209 e. The van der Waals surface area contributed by atoms with Crippen molar-refractivity contribution in [1.29, 1.82) is 0 Å². The first-order chi connectivity index (χ1) is 6.34. The number of aryl methyl sites for hydroxylation is 1. The SMILES string of the molecule is Cn1nnnc1SCCCCCBr. The summed E-state index contributed by atoms with van der Waals surface area (Å²) in [6.07, 6.45) is 3.74. The van der Waals surface area contributed by atoms with E-state index >= 15 is 0 Å². The number of hydrogen-bond acceptors (Lipinski definition) is 4. The van der Waals surface area contributed by atoms with Crippen LogP contribution in [-0.4, -0.2) is 31.3 Å². The fraction of sp³-hybridized carbons (Fsp3) is 0.857. The van der Waals surface area contributed by atoms with Gasteiger partial charge in [-0.05, 0) is 23.3 Å². The van der Waals surface area contributed by atoms with E-state index in [2.05, 4.69) is 31.5 Å². The predicted molar refractivity (Wildman–Crippen MR) is 57.2 cm³/mol. The Morgan fingerprint density at radius 3 is 2.85 bits per heavy atom. The van der Waals surface area contributed by atoms with Crippen LogP contribution in [0, 0.1) is 0 Å². The van der Waals surface area contributed by atoms with Gasteiger partial charge in [0.15, 0.2) is 0 Å². The highest BCUT2D eigenvalue weighted by Crippen LogP contribution is 2.14. The molecule has 0 saturated carbocycles. The maximum atomic E-state index is 3.89. The van der Waals surface area contributed by atoms with Crippen molar-refractivity contribution in [1.82, 2.24) is 20.2 Å². The van der Waals surface area contributed by atoms with E-state index in [1.54, 1.807) is 16.4 Å². The number of hydrogen-bond donors (Lipinski definition) is 0. The van der Waals surface area contributed by atoms with E-state index in [9.17, 15) is 0 Å². The van der Waals surface area contributed by atoms with Crippen LogP contribution in [0.2, 0.25) is 0 Å². The molecule has 74 valence electrons. The van der Waals surface area contributed by atoms with Crippen molar-refractivity contribution in [3.63, 3.8) is 0 Å². The highest BCUT2D eigenvalue weighted by atomic mass is 79.9. The number of unbranched alkanes of at least 4 members (excludes halogenated alkanes) is 2. The van der Waals surface area contributed by atoms with Crippen LogP contribution >= 0.6 is 27.7 Å². The Labute approximate surface area is 90.6 Å². The lowest BCUT2D eigenvalue weighted by atomic mass is 10.3. The van der Waals surface area contributed by atoms with Gasteiger partial charge >= 0.3 is 0 Å². The van der Waals surface area contributed by atoms with Crippen molar-refractivity contribution in [3.05, 3.63) is 0 Å². The molecule has 1 heterocycles. The Morgan fingerprint density at radius 2 is 2.23 bits per heavy atom. The average Bonchev–Trinajstić information content (AvgIpc) is 2.52. The van der Waals surface area contributed by atoms with Crippen LogP contribution < -0.4 is 0 Å². The molecule has 0 unspecified atom stereocenters. The summed E-state index contributed by atoms with van der Waals surface area (Å²) >= 11 is 5.12. The van der Waals surface area contributed by atoms with Crippen molar-refractivity contribution in [2.24, 2.45) is 7.05 Å². The van der Waals surface area contributed by atoms with Gasteiger partial charge in [0, 0.05) is 18.1 Å². The first-order valence-corrected chi connectivity index (χ1v) is 6.36. The Balaban J connectivity index is 2.10. The van der Waals surface area contributed by atoms with E-state index in [4.69, 9.17) is 0 Å². The number of nitrogens with zero attached hydrogens (tertiary/aromatic N) is 4. The molecule has 0 N–H and O–H groups in total. The van der Waals surface area contributed by atoms with Gasteiger partial charge in [0.1, 0.15) is 0 Å². The molecule has 0 atom stereocenters. The van der Waals surface area contributed by atoms with E-state index in [1.165, 1.54) is 19.3 Å². The summed E-state index contributed by atoms with van der Waals surface area (Å²) in [7, 11) is 1.86. The highest BCUT2D eigenvalue weighted by Gasteiger charge is 2.01. The van der Waals surface area contributed by atoms with Gasteiger partial charge in [0.05, 0.1) is 0 Å². The third kappa shape index (κ3) is 4.08. The van der Waals surface area contributed by atoms with E-state index < -0.39 is 0 Å². The molecule has 1 aromatic rings. The molecular weight excluding hydrogens is 252 g/mol. The zero-order chi connectivity index (χ0) is 9.52. The minimum Gasteiger partial charge on any atom is -0.224 e. The van der Waals surface area contributed by atoms with E-state index in [0.29, 0.717) is 0 Å². The molecule has 0 fully saturated rings. The van der Waals surface area contributed by atoms with Gasteiger partial charge in [0.25, 0.3) is 0 Å². The molecule has 0 spiro atoms. The lowest BCUT2D eigenvalue weighted by molar-refractivity contribution is 0.664. The van der Waals surface area contributed by atoms with E-state index in [-0.39, 0.29) is 0 Å². The largest absolute Gasteiger partial charge is 0.224 e. The summed E-state index contributed by atoms with van der Waals surface area (Å²) in [5, 5.41) is 13.2. The molecule has 0 aliphatic heterocycles. The quantitative estimate of drug-likeness (QED) is 0.447. The summed E-state index contributed by atoms with van der Waals surface area (Å²) in [6, 6.07) is 0. The molecule has 0 radical (unpaired) electrons. The molecule has 0 aliphatic carbocycles. The molecule has 0 aromatic carbocycles. The van der Waals surface area contributed by atoms with Gasteiger partial charge in [-0.2, -0.15) is 0 Å². The second kappa shape index (κ2) is 6.37. The van der Waals surface area contributed by atoms with Crippen LogP contribution in [0.4, 0.5) is 0 Å². The first-order valence-electron chi connectivity index (χ1n) is 4.25. The van der Waals surface area contributed by atoms with Crippen LogP contribution in [0.3, 0.4) is 0 Å². The van der Waals surface area contributed by atoms with Crippen molar-refractivity contribution < 1.29 is 0 Å². The van der Waals surface area contributed by atoms with Crippen LogP contribution in [-0.2, 0) is 7.05 Å². The van der Waals surface area contributed by atoms with Gasteiger partial charge < -0.3 is 0 Å². The van der Waals surface area contributed by atoms with Gasteiger partial charge in [-0.3, -0.25) is 0 Å². The molecule has 0 bridgehead atoms. The fourth-order valence-corrected chi connectivity index (χ4v) is 2.13. The van der Waals surface area contributed by atoms with Crippen molar-refractivity contribution in [2.75, 3.05) is 11.1 Å². The van der Waals surface area contributed by atoms with Crippen molar-refractivity contribution >= 4 is 27.7 Å². The monoisotopic (exact) mass is 264 g/mol. The molecule has 0 amide bonds. The third-order valence-corrected chi connectivity index (χ3v) is 3.25. The maximum absolute atomic E-state index is 3.89. The number of tetrazole rings is 1. The zero-order valence-electron chi connectivity index (χ0n) is 7.61. The number of aromatic nitrogens is 4. The summed E-state index contributed by atoms with van der Waals surface area (Å²) in [6.45, 7) is 0. The summed E-state index contributed by atoms with van der Waals surface area (Å²) in [5.41, 5.74) is 0. The topological polar surface area (TPSA) is 43.6 Å². The van der Waals surface area contributed by atoms with Crippen LogP contribution in [0.15, 0.2) is 5.16 Å². The summed E-state index contributed by atoms with van der Waals surface area (Å²) < 4.78 is 1.70. The zero-order valence-corrected chi connectivity index (χ0v) is 10.0. The van der Waals surface area contributed by atoms with E-state index in [0.717, 1.165) is 16.2 Å². The molecule has 0 saturated heterocycles. The number of thioether (sulfide) groups is 1. The second-order valence-electron chi connectivity index (χ2n) is 2.68. The summed E-state index contributed by atoms with van der Waals surface area (Å²) in [4.78, 5) is 0. The minimum absolute atomic E-state index is 0.902. The van der Waals surface area contributed by atoms with E-state index in [1.807, 2.05) is 7.05 Å². The highest BCUT2D eigenvalue weighted by molar-refractivity contribution is 9.09. The molecule has 4 nitrogen and oxygen atoms in total. The predicted octanol–water partition coefficient (Wildman–Crippen LogP) is 1.87.